The molecule has 3 rings (SSSR count). The minimum Gasteiger partial charge on any atom is -0.484 e. The van der Waals surface area contributed by atoms with Gasteiger partial charge in [0.05, 0.1) is 0 Å². The highest BCUT2D eigenvalue weighted by molar-refractivity contribution is 6.31. The molecule has 0 fully saturated rings. The largest absolute Gasteiger partial charge is 0.484 e. The average Bonchev–Trinajstić information content (AvgIpc) is 2.82. The summed E-state index contributed by atoms with van der Waals surface area (Å²) in [6.45, 7) is 3.56. The summed E-state index contributed by atoms with van der Waals surface area (Å²) in [5.74, 6) is -0.684. The normalized spacial score (nSPS) is 11.7. The number of ether oxygens (including phenoxy) is 1. The number of nitrogens with zero attached hydrogens (tertiary/aromatic N) is 1. The molecule has 0 saturated carbocycles. The van der Waals surface area contributed by atoms with Crippen molar-refractivity contribution >= 4 is 23.4 Å². The third kappa shape index (κ3) is 7.32. The fourth-order valence-electron chi connectivity index (χ4n) is 3.50. The van der Waals surface area contributed by atoms with Gasteiger partial charge in [0.2, 0.25) is 5.91 Å². The van der Waals surface area contributed by atoms with Crippen molar-refractivity contribution in [1.29, 1.82) is 0 Å². The molecule has 0 aliphatic heterocycles. The van der Waals surface area contributed by atoms with Crippen molar-refractivity contribution in [1.82, 2.24) is 10.2 Å². The predicted molar refractivity (Wildman–Crippen MR) is 131 cm³/mol. The molecule has 0 radical (unpaired) electrons. The molecule has 0 bridgehead atoms. The van der Waals surface area contributed by atoms with E-state index in [9.17, 15) is 14.0 Å². The first-order chi connectivity index (χ1) is 16.3. The number of nitrogens with one attached hydrogen (secondary N) is 1. The molecule has 1 N–H and O–H groups in total. The Bertz CT molecular complexity index is 1090. The van der Waals surface area contributed by atoms with Crippen molar-refractivity contribution < 1.29 is 18.7 Å². The van der Waals surface area contributed by atoms with E-state index in [1.807, 2.05) is 62.4 Å². The summed E-state index contributed by atoms with van der Waals surface area (Å²) in [5, 5.41) is 3.43. The highest BCUT2D eigenvalue weighted by Crippen LogP contribution is 2.21. The minimum atomic E-state index is -0.787. The first-order valence-corrected chi connectivity index (χ1v) is 11.5. The Kier molecular flexibility index (Phi) is 9.05. The van der Waals surface area contributed by atoms with Crippen LogP contribution in [0.1, 0.15) is 25.0 Å². The Morgan fingerprint density at radius 1 is 0.971 bits per heavy atom. The van der Waals surface area contributed by atoms with Gasteiger partial charge in [-0.15, -0.1) is 0 Å². The molecule has 1 unspecified atom stereocenters. The van der Waals surface area contributed by atoms with Gasteiger partial charge in [-0.1, -0.05) is 60.1 Å². The van der Waals surface area contributed by atoms with Crippen LogP contribution in [0.2, 0.25) is 5.02 Å². The number of carbonyl (C=O) groups excluding carboxylic acids is 2. The second kappa shape index (κ2) is 12.2. The lowest BCUT2D eigenvalue weighted by Gasteiger charge is -2.32. The smallest absolute Gasteiger partial charge is 0.261 e. The molecule has 7 heteroatoms. The third-order valence-corrected chi connectivity index (χ3v) is 5.55. The zero-order valence-corrected chi connectivity index (χ0v) is 20.0. The number of halogens is 2. The summed E-state index contributed by atoms with van der Waals surface area (Å²) in [7, 11) is 0. The average molecular weight is 483 g/mol. The van der Waals surface area contributed by atoms with Crippen LogP contribution in [0, 0.1) is 5.82 Å². The van der Waals surface area contributed by atoms with Gasteiger partial charge >= 0.3 is 0 Å². The molecular weight excluding hydrogens is 455 g/mol. The lowest BCUT2D eigenvalue weighted by molar-refractivity contribution is -0.143. The van der Waals surface area contributed by atoms with Crippen LogP contribution in [0.3, 0.4) is 0 Å². The number of hydrogen-bond acceptors (Lipinski definition) is 3. The van der Waals surface area contributed by atoms with Crippen LogP contribution >= 0.6 is 11.6 Å². The van der Waals surface area contributed by atoms with Gasteiger partial charge in [-0.3, -0.25) is 9.59 Å². The number of benzene rings is 3. The summed E-state index contributed by atoms with van der Waals surface area (Å²) in [5.41, 5.74) is 1.64. The van der Waals surface area contributed by atoms with E-state index in [2.05, 4.69) is 5.32 Å². The van der Waals surface area contributed by atoms with E-state index in [-0.39, 0.29) is 31.0 Å². The molecule has 0 aromatic heterocycles. The van der Waals surface area contributed by atoms with Gasteiger partial charge in [-0.2, -0.15) is 0 Å². The molecule has 0 saturated heterocycles. The van der Waals surface area contributed by atoms with Crippen molar-refractivity contribution in [2.24, 2.45) is 0 Å². The molecule has 3 aromatic carbocycles. The second-order valence-electron chi connectivity index (χ2n) is 8.22. The van der Waals surface area contributed by atoms with Gasteiger partial charge < -0.3 is 15.0 Å². The maximum absolute atomic E-state index is 13.4. The SMILES string of the molecule is CC(C)NC(=O)C(Cc1ccccc1)N(Cc1ccccc1Cl)C(=O)COc1ccc(F)cc1. The molecule has 5 nitrogen and oxygen atoms in total. The zero-order chi connectivity index (χ0) is 24.5. The Morgan fingerprint density at radius 3 is 2.26 bits per heavy atom. The highest BCUT2D eigenvalue weighted by Gasteiger charge is 2.31. The number of hydrogen-bond donors (Lipinski definition) is 1. The van der Waals surface area contributed by atoms with Gasteiger partial charge in [-0.25, -0.2) is 4.39 Å². The van der Waals surface area contributed by atoms with Gasteiger partial charge in [-0.05, 0) is 55.3 Å². The molecule has 1 atom stereocenters. The fraction of sp³-hybridized carbons (Fsp3) is 0.259. The molecule has 0 aliphatic carbocycles. The van der Waals surface area contributed by atoms with Gasteiger partial charge in [0, 0.05) is 24.0 Å². The van der Waals surface area contributed by atoms with Crippen molar-refractivity contribution in [3.8, 4) is 5.75 Å². The van der Waals surface area contributed by atoms with E-state index < -0.39 is 11.9 Å². The molecule has 0 spiro atoms. The van der Waals surface area contributed by atoms with Crippen LogP contribution in [0.15, 0.2) is 78.9 Å². The summed E-state index contributed by atoms with van der Waals surface area (Å²) in [4.78, 5) is 28.2. The predicted octanol–water partition coefficient (Wildman–Crippen LogP) is 5.02. The molecule has 34 heavy (non-hydrogen) atoms. The first kappa shape index (κ1) is 25.2. The third-order valence-electron chi connectivity index (χ3n) is 5.18. The number of rotatable bonds is 10. The molecular formula is C27H28ClFN2O3. The summed E-state index contributed by atoms with van der Waals surface area (Å²) >= 11 is 6.38. The lowest BCUT2D eigenvalue weighted by atomic mass is 10.0. The van der Waals surface area contributed by atoms with Crippen molar-refractivity contribution in [2.45, 2.75) is 38.9 Å². The van der Waals surface area contributed by atoms with Crippen molar-refractivity contribution in [3.05, 3.63) is 101 Å². The van der Waals surface area contributed by atoms with Crippen LogP contribution in [0.4, 0.5) is 4.39 Å². The summed E-state index contributed by atoms with van der Waals surface area (Å²) in [6.07, 6.45) is 0.326. The Labute approximate surface area is 204 Å². The maximum atomic E-state index is 13.4. The van der Waals surface area contributed by atoms with Crippen LogP contribution in [-0.4, -0.2) is 35.4 Å². The minimum absolute atomic E-state index is 0.0986. The standard InChI is InChI=1S/C27H28ClFN2O3/c1-19(2)30-27(33)25(16-20-8-4-3-5-9-20)31(17-21-10-6-7-11-24(21)28)26(32)18-34-23-14-12-22(29)13-15-23/h3-15,19,25H,16-18H2,1-2H3,(H,30,33). The second-order valence-corrected chi connectivity index (χ2v) is 8.63. The molecule has 0 heterocycles. The van der Waals surface area contributed by atoms with E-state index in [4.69, 9.17) is 16.3 Å². The Hall–Kier alpha value is -3.38. The monoisotopic (exact) mass is 482 g/mol. The lowest BCUT2D eigenvalue weighted by Crippen LogP contribution is -2.52. The maximum Gasteiger partial charge on any atom is 0.261 e. The van der Waals surface area contributed by atoms with Gasteiger partial charge in [0.25, 0.3) is 5.91 Å². The van der Waals surface area contributed by atoms with E-state index in [0.717, 1.165) is 11.1 Å². The molecule has 3 aromatic rings. The number of amides is 2. The summed E-state index contributed by atoms with van der Waals surface area (Å²) < 4.78 is 18.8. The molecule has 2 amide bonds. The first-order valence-electron chi connectivity index (χ1n) is 11.1. The quantitative estimate of drug-likeness (QED) is 0.441. The van der Waals surface area contributed by atoms with E-state index in [0.29, 0.717) is 17.2 Å². The van der Waals surface area contributed by atoms with E-state index in [1.165, 1.54) is 29.2 Å². The fourth-order valence-corrected chi connectivity index (χ4v) is 3.70. The number of carbonyl (C=O) groups is 2. The molecule has 0 aliphatic rings. The van der Waals surface area contributed by atoms with Gasteiger partial charge in [0.1, 0.15) is 17.6 Å². The summed E-state index contributed by atoms with van der Waals surface area (Å²) in [6, 6.07) is 21.3. The van der Waals surface area contributed by atoms with Crippen molar-refractivity contribution in [3.63, 3.8) is 0 Å². The van der Waals surface area contributed by atoms with Crippen LogP contribution in [-0.2, 0) is 22.6 Å². The zero-order valence-electron chi connectivity index (χ0n) is 19.2. The van der Waals surface area contributed by atoms with E-state index in [1.54, 1.807) is 6.07 Å². The van der Waals surface area contributed by atoms with Crippen LogP contribution in [0.5, 0.6) is 5.75 Å². The molecule has 178 valence electrons. The van der Waals surface area contributed by atoms with Crippen LogP contribution in [0.25, 0.3) is 0 Å². The highest BCUT2D eigenvalue weighted by atomic mass is 35.5. The van der Waals surface area contributed by atoms with Gasteiger partial charge in [0.15, 0.2) is 6.61 Å². The topological polar surface area (TPSA) is 58.6 Å². The Morgan fingerprint density at radius 2 is 1.62 bits per heavy atom. The van der Waals surface area contributed by atoms with Crippen LogP contribution < -0.4 is 10.1 Å². The van der Waals surface area contributed by atoms with Crippen molar-refractivity contribution in [2.75, 3.05) is 6.61 Å². The Balaban J connectivity index is 1.91. The van der Waals surface area contributed by atoms with E-state index >= 15 is 0 Å².